The van der Waals surface area contributed by atoms with Crippen LogP contribution in [0.1, 0.15) is 168 Å². The van der Waals surface area contributed by atoms with E-state index in [0.717, 1.165) is 32.1 Å². The molecule has 5 N–H and O–H groups in total. The molecule has 0 rings (SSSR count). The second kappa shape index (κ2) is 38.4. The molecule has 0 aromatic rings. The summed E-state index contributed by atoms with van der Waals surface area (Å²) in [5, 5.41) is 29.9. The molecule has 0 aliphatic heterocycles. The molecule has 17 heteroatoms. The van der Waals surface area contributed by atoms with Crippen LogP contribution in [0, 0.1) is 0 Å². The van der Waals surface area contributed by atoms with Gasteiger partial charge in [-0.2, -0.15) is 0 Å². The zero-order chi connectivity index (χ0) is 43.2. The molecule has 0 amide bonds. The summed E-state index contributed by atoms with van der Waals surface area (Å²) in [6.07, 6.45) is 29.1. The van der Waals surface area contributed by atoms with Crippen LogP contribution in [0.5, 0.6) is 0 Å². The van der Waals surface area contributed by atoms with Gasteiger partial charge in [-0.15, -0.1) is 0 Å². The van der Waals surface area contributed by atoms with E-state index < -0.39 is 85.5 Å². The van der Waals surface area contributed by atoms with E-state index in [4.69, 9.17) is 9.47 Å². The maximum Gasteiger partial charge on any atom is 0.472 e. The number of allylic oxidation sites excluding steroid dienone is 4. The number of carbonyl (C=O) groups excluding carboxylic acids is 2. The van der Waals surface area contributed by atoms with Crippen molar-refractivity contribution in [3.8, 4) is 0 Å². The van der Waals surface area contributed by atoms with Gasteiger partial charge < -0.3 is 34.6 Å². The van der Waals surface area contributed by atoms with Gasteiger partial charge >= 0.3 is 27.6 Å². The molecule has 0 saturated heterocycles. The van der Waals surface area contributed by atoms with Gasteiger partial charge in [-0.25, -0.2) is 9.13 Å². The molecule has 0 spiro atoms. The lowest BCUT2D eigenvalue weighted by atomic mass is 10.0. The van der Waals surface area contributed by atoms with Crippen LogP contribution in [-0.4, -0.2) is 95.0 Å². The van der Waals surface area contributed by atoms with Crippen LogP contribution >= 0.6 is 15.6 Å². The monoisotopic (exact) mass is 872 g/mol. The molecule has 5 atom stereocenters. The molecule has 342 valence electrons. The Labute approximate surface area is 348 Å². The van der Waals surface area contributed by atoms with E-state index in [9.17, 15) is 43.8 Å². The van der Waals surface area contributed by atoms with Crippen molar-refractivity contribution in [2.24, 2.45) is 0 Å². The van der Waals surface area contributed by atoms with Crippen molar-refractivity contribution < 1.29 is 71.4 Å². The standard InChI is InChI=1S/C41H78O15P2/c1-3-5-7-9-11-13-15-17-19-21-23-25-27-29-40(45)51-31-37(42)33-53-57(47,48)55-35-39(44)36-56-58(49,50)54-34-38(43)32-52-41(46)30-28-26-24-22-20-18-16-14-12-10-8-6-4-2/h17,19,23,25,37-39,42-44H,3-16,18,20-22,24,26-36H2,1-2H3,(H,47,48)(H,49,50)/b19-17-,25-23+. The average Bonchev–Trinajstić information content (AvgIpc) is 3.19. The summed E-state index contributed by atoms with van der Waals surface area (Å²) in [7, 11) is -9.57. The lowest BCUT2D eigenvalue weighted by Gasteiger charge is -2.19. The molecule has 58 heavy (non-hydrogen) atoms. The molecule has 0 fully saturated rings. The number of phosphoric acid groups is 2. The van der Waals surface area contributed by atoms with E-state index >= 15 is 0 Å². The first-order valence-electron chi connectivity index (χ1n) is 21.7. The number of unbranched alkanes of at least 4 members (excludes halogenated alkanes) is 18. The van der Waals surface area contributed by atoms with Crippen LogP contribution in [0.4, 0.5) is 0 Å². The predicted molar refractivity (Wildman–Crippen MR) is 224 cm³/mol. The van der Waals surface area contributed by atoms with E-state index in [1.807, 2.05) is 12.2 Å². The molecule has 0 aromatic heterocycles. The second-order valence-electron chi connectivity index (χ2n) is 14.7. The highest BCUT2D eigenvalue weighted by Gasteiger charge is 2.28. The number of esters is 2. The summed E-state index contributed by atoms with van der Waals surface area (Å²) in [4.78, 5) is 43.5. The average molecular weight is 873 g/mol. The van der Waals surface area contributed by atoms with Gasteiger partial charge in [0.05, 0.1) is 26.4 Å². The molecule has 0 radical (unpaired) electrons. The maximum absolute atomic E-state index is 12.1. The smallest absolute Gasteiger partial charge is 0.463 e. The molecule has 0 aromatic carbocycles. The van der Waals surface area contributed by atoms with Gasteiger partial charge in [-0.05, 0) is 32.1 Å². The van der Waals surface area contributed by atoms with Crippen LogP contribution in [0.3, 0.4) is 0 Å². The van der Waals surface area contributed by atoms with Crippen molar-refractivity contribution in [2.75, 3.05) is 39.6 Å². The molecule has 0 aliphatic rings. The molecule has 5 unspecified atom stereocenters. The largest absolute Gasteiger partial charge is 0.472 e. The Morgan fingerprint density at radius 1 is 0.448 bits per heavy atom. The van der Waals surface area contributed by atoms with Crippen LogP contribution in [0.15, 0.2) is 24.3 Å². The molecular weight excluding hydrogens is 794 g/mol. The van der Waals surface area contributed by atoms with Crippen LogP contribution in [0.2, 0.25) is 0 Å². The van der Waals surface area contributed by atoms with E-state index in [1.165, 1.54) is 96.3 Å². The van der Waals surface area contributed by atoms with Crippen LogP contribution in [0.25, 0.3) is 0 Å². The van der Waals surface area contributed by atoms with Gasteiger partial charge in [0, 0.05) is 12.8 Å². The fourth-order valence-electron chi connectivity index (χ4n) is 5.50. The van der Waals surface area contributed by atoms with E-state index in [1.54, 1.807) is 0 Å². The van der Waals surface area contributed by atoms with Crippen LogP contribution in [-0.2, 0) is 46.3 Å². The van der Waals surface area contributed by atoms with E-state index in [-0.39, 0.29) is 12.8 Å². The molecular formula is C41H78O15P2. The van der Waals surface area contributed by atoms with Gasteiger partial charge in [0.2, 0.25) is 0 Å². The quantitative estimate of drug-likeness (QED) is 0.0167. The third kappa shape index (κ3) is 40.0. The molecule has 0 saturated carbocycles. The van der Waals surface area contributed by atoms with Crippen molar-refractivity contribution in [3.63, 3.8) is 0 Å². The minimum absolute atomic E-state index is 0.0918. The molecule has 0 aliphatic carbocycles. The van der Waals surface area contributed by atoms with Gasteiger partial charge in [0.1, 0.15) is 31.5 Å². The third-order valence-corrected chi connectivity index (χ3v) is 10.8. The lowest BCUT2D eigenvalue weighted by Crippen LogP contribution is -2.25. The number of ether oxygens (including phenoxy) is 2. The number of aliphatic hydroxyl groups is 3. The second-order valence-corrected chi connectivity index (χ2v) is 17.6. The summed E-state index contributed by atoms with van der Waals surface area (Å²) in [5.41, 5.74) is 0. The highest BCUT2D eigenvalue weighted by molar-refractivity contribution is 7.47. The number of phosphoric ester groups is 2. The summed E-state index contributed by atoms with van der Waals surface area (Å²) >= 11 is 0. The molecule has 0 bridgehead atoms. The third-order valence-electron chi connectivity index (χ3n) is 8.92. The fraction of sp³-hybridized carbons (Fsp3) is 0.854. The topological polar surface area (TPSA) is 225 Å². The predicted octanol–water partition coefficient (Wildman–Crippen LogP) is 8.94. The van der Waals surface area contributed by atoms with Crippen molar-refractivity contribution in [1.82, 2.24) is 0 Å². The van der Waals surface area contributed by atoms with Gasteiger partial charge in [0.25, 0.3) is 0 Å². The molecule has 0 heterocycles. The Morgan fingerprint density at radius 2 is 0.776 bits per heavy atom. The lowest BCUT2D eigenvalue weighted by molar-refractivity contribution is -0.148. The van der Waals surface area contributed by atoms with Crippen molar-refractivity contribution in [1.29, 1.82) is 0 Å². The van der Waals surface area contributed by atoms with E-state index in [2.05, 4.69) is 44.1 Å². The van der Waals surface area contributed by atoms with Crippen LogP contribution < -0.4 is 0 Å². The Bertz CT molecular complexity index is 1150. The van der Waals surface area contributed by atoms with Gasteiger partial charge in [-0.3, -0.25) is 27.7 Å². The summed E-state index contributed by atoms with van der Waals surface area (Å²) in [6, 6.07) is 0. The first-order valence-corrected chi connectivity index (χ1v) is 24.7. The minimum Gasteiger partial charge on any atom is -0.463 e. The Morgan fingerprint density at radius 3 is 1.19 bits per heavy atom. The number of aliphatic hydroxyl groups excluding tert-OH is 3. The number of hydrogen-bond donors (Lipinski definition) is 5. The number of hydrogen-bond acceptors (Lipinski definition) is 13. The molecule has 15 nitrogen and oxygen atoms in total. The minimum atomic E-state index is -4.79. The van der Waals surface area contributed by atoms with Gasteiger partial charge in [-0.1, -0.05) is 147 Å². The summed E-state index contributed by atoms with van der Waals surface area (Å²) in [6.45, 7) is 0.334. The van der Waals surface area contributed by atoms with Gasteiger partial charge in [0.15, 0.2) is 0 Å². The van der Waals surface area contributed by atoms with Crippen molar-refractivity contribution in [3.05, 3.63) is 24.3 Å². The summed E-state index contributed by atoms with van der Waals surface area (Å²) in [5.74, 6) is -1.06. The first kappa shape index (κ1) is 56.5. The number of carbonyl (C=O) groups is 2. The highest BCUT2D eigenvalue weighted by Crippen LogP contribution is 2.45. The SMILES string of the molecule is CCCCCCCC/C=C\C/C=C/CCC(=O)OCC(O)COP(=O)(O)OCC(O)COP(=O)(O)OCC(O)COC(=O)CCCCCCCCCCCCCCC. The Hall–Kier alpha value is -1.48. The fourth-order valence-corrected chi connectivity index (χ4v) is 7.09. The zero-order valence-corrected chi connectivity index (χ0v) is 37.3. The maximum atomic E-state index is 12.1. The zero-order valence-electron chi connectivity index (χ0n) is 35.5. The normalized spacial score (nSPS) is 15.6. The van der Waals surface area contributed by atoms with Crippen molar-refractivity contribution in [2.45, 2.75) is 186 Å². The van der Waals surface area contributed by atoms with E-state index in [0.29, 0.717) is 12.8 Å². The highest BCUT2D eigenvalue weighted by atomic mass is 31.2. The van der Waals surface area contributed by atoms with Crippen molar-refractivity contribution >= 4 is 27.6 Å². The number of rotatable bonds is 42. The Kier molecular flexibility index (Phi) is 37.5. The Balaban J connectivity index is 3.97. The first-order chi connectivity index (χ1) is 27.8. The summed E-state index contributed by atoms with van der Waals surface area (Å²) < 4.78 is 52.7.